The van der Waals surface area contributed by atoms with Gasteiger partial charge in [0.25, 0.3) is 0 Å². The van der Waals surface area contributed by atoms with Crippen molar-refractivity contribution in [1.29, 1.82) is 0 Å². The van der Waals surface area contributed by atoms with Gasteiger partial charge in [-0.3, -0.25) is 0 Å². The summed E-state index contributed by atoms with van der Waals surface area (Å²) >= 11 is 0.383. The van der Waals surface area contributed by atoms with Crippen molar-refractivity contribution in [2.75, 3.05) is 6.54 Å². The van der Waals surface area contributed by atoms with E-state index in [1.54, 1.807) is 6.21 Å². The first-order chi connectivity index (χ1) is 8.84. The van der Waals surface area contributed by atoms with E-state index in [0.29, 0.717) is 21.5 Å². The first kappa shape index (κ1) is 12.9. The summed E-state index contributed by atoms with van der Waals surface area (Å²) in [7, 11) is 0. The second-order valence-electron chi connectivity index (χ2n) is 3.84. The van der Waals surface area contributed by atoms with Crippen molar-refractivity contribution in [3.8, 4) is 0 Å². The number of hydroxylamine groups is 1. The Balaban J connectivity index is 1.82. The molecule has 0 saturated heterocycles. The summed E-state index contributed by atoms with van der Waals surface area (Å²) in [5, 5.41) is 12.6. The molecule has 0 aliphatic heterocycles. The van der Waals surface area contributed by atoms with E-state index in [-0.39, 0.29) is 0 Å². The van der Waals surface area contributed by atoms with Crippen LogP contribution in [0.15, 0.2) is 60.7 Å². The van der Waals surface area contributed by atoms with Crippen LogP contribution >= 0.6 is 0 Å². The van der Waals surface area contributed by atoms with Gasteiger partial charge in [-0.25, -0.2) is 0 Å². The molecule has 0 unspecified atom stereocenters. The van der Waals surface area contributed by atoms with Gasteiger partial charge in [-0.1, -0.05) is 0 Å². The molecule has 2 nitrogen and oxygen atoms in total. The van der Waals surface area contributed by atoms with E-state index in [9.17, 15) is 5.21 Å². The Hall–Kier alpha value is -1.57. The Bertz CT molecular complexity index is 496. The quantitative estimate of drug-likeness (QED) is 0.273. The van der Waals surface area contributed by atoms with Crippen LogP contribution in [0, 0.1) is 5.21 Å². The first-order valence-electron chi connectivity index (χ1n) is 5.86. The average Bonchev–Trinajstić information content (AvgIpc) is 2.41. The van der Waals surface area contributed by atoms with Crippen LogP contribution in [0.4, 0.5) is 0 Å². The van der Waals surface area contributed by atoms with E-state index in [1.807, 2.05) is 48.5 Å². The predicted octanol–water partition coefficient (Wildman–Crippen LogP) is 2.06. The molecule has 0 aliphatic carbocycles. The van der Waals surface area contributed by atoms with Crippen LogP contribution in [0.3, 0.4) is 0 Å². The van der Waals surface area contributed by atoms with Crippen LogP contribution in [0.25, 0.3) is 0 Å². The van der Waals surface area contributed by atoms with Crippen molar-refractivity contribution in [2.45, 2.75) is 5.32 Å². The molecule has 0 spiro atoms. The van der Waals surface area contributed by atoms with Crippen LogP contribution in [0.5, 0.6) is 0 Å². The number of benzene rings is 2. The van der Waals surface area contributed by atoms with Gasteiger partial charge in [-0.15, -0.1) is 0 Å². The van der Waals surface area contributed by atoms with Gasteiger partial charge in [0.1, 0.15) is 0 Å². The first-order valence-corrected chi connectivity index (χ1v) is 7.93. The molecule has 2 aromatic carbocycles. The zero-order chi connectivity index (χ0) is 12.6. The van der Waals surface area contributed by atoms with Gasteiger partial charge in [0.15, 0.2) is 0 Å². The Morgan fingerprint density at radius 3 is 2.22 bits per heavy atom. The minimum absolute atomic E-state index is 0.383. The third-order valence-electron chi connectivity index (χ3n) is 2.42. The number of nitrogens with zero attached hydrogens (tertiary/aromatic N) is 1. The molecule has 92 valence electrons. The fraction of sp³-hybridized carbons (Fsp3) is 0.133. The maximum atomic E-state index is 11.7. The summed E-state index contributed by atoms with van der Waals surface area (Å²) in [6.45, 7) is 0.559. The molecule has 0 heterocycles. The van der Waals surface area contributed by atoms with Crippen molar-refractivity contribution >= 4 is 25.6 Å². The van der Waals surface area contributed by atoms with E-state index in [2.05, 4.69) is 12.1 Å². The molecule has 0 aliphatic rings. The summed E-state index contributed by atoms with van der Waals surface area (Å²) < 4.78 is 2.37. The third-order valence-corrected chi connectivity index (χ3v) is 4.50. The second kappa shape index (κ2) is 7.00. The van der Waals surface area contributed by atoms with Crippen LogP contribution in [0.2, 0.25) is 5.32 Å². The fourth-order valence-corrected chi connectivity index (χ4v) is 3.34. The molecule has 0 amide bonds. The molecule has 0 saturated carbocycles. The van der Waals surface area contributed by atoms with E-state index in [1.165, 1.54) is 4.46 Å². The summed E-state index contributed by atoms with van der Waals surface area (Å²) in [5.74, 6) is 0. The van der Waals surface area contributed by atoms with E-state index < -0.39 is 0 Å². The summed E-state index contributed by atoms with van der Waals surface area (Å²) in [6, 6.07) is 20.0. The van der Waals surface area contributed by atoms with E-state index >= 15 is 0 Å². The molecular formula is C15H15NOSe. The van der Waals surface area contributed by atoms with Crippen molar-refractivity contribution < 1.29 is 4.74 Å². The van der Waals surface area contributed by atoms with Crippen molar-refractivity contribution in [3.63, 3.8) is 0 Å². The SMILES string of the molecule is [O-]/[N+](=C\c1ccccc1)CC[Se]c1ccccc1. The zero-order valence-corrected chi connectivity index (χ0v) is 11.7. The monoisotopic (exact) mass is 305 g/mol. The van der Waals surface area contributed by atoms with Gasteiger partial charge in [0, 0.05) is 0 Å². The number of hydrogen-bond acceptors (Lipinski definition) is 1. The maximum absolute atomic E-state index is 11.7. The molecule has 0 bridgehead atoms. The van der Waals surface area contributed by atoms with Crippen molar-refractivity contribution in [3.05, 3.63) is 71.4 Å². The number of hydrogen-bond donors (Lipinski definition) is 0. The third kappa shape index (κ3) is 4.36. The molecule has 0 aromatic heterocycles. The summed E-state index contributed by atoms with van der Waals surface area (Å²) in [4.78, 5) is 0. The normalized spacial score (nSPS) is 11.4. The van der Waals surface area contributed by atoms with Gasteiger partial charge in [-0.05, 0) is 0 Å². The van der Waals surface area contributed by atoms with Crippen LogP contribution < -0.4 is 4.46 Å². The van der Waals surface area contributed by atoms with Crippen LogP contribution in [-0.2, 0) is 0 Å². The van der Waals surface area contributed by atoms with E-state index in [0.717, 1.165) is 15.6 Å². The minimum atomic E-state index is 0.383. The predicted molar refractivity (Wildman–Crippen MR) is 76.7 cm³/mol. The van der Waals surface area contributed by atoms with Crippen molar-refractivity contribution in [1.82, 2.24) is 0 Å². The van der Waals surface area contributed by atoms with Gasteiger partial charge in [0.2, 0.25) is 0 Å². The summed E-state index contributed by atoms with van der Waals surface area (Å²) in [5.41, 5.74) is 0.958. The summed E-state index contributed by atoms with van der Waals surface area (Å²) in [6.07, 6.45) is 1.65. The van der Waals surface area contributed by atoms with Crippen molar-refractivity contribution in [2.24, 2.45) is 0 Å². The molecule has 0 atom stereocenters. The zero-order valence-electron chi connectivity index (χ0n) is 10.0. The average molecular weight is 304 g/mol. The van der Waals surface area contributed by atoms with Crippen LogP contribution in [-0.4, -0.2) is 32.5 Å². The Morgan fingerprint density at radius 1 is 0.944 bits per heavy atom. The molecule has 3 heteroatoms. The van der Waals surface area contributed by atoms with Gasteiger partial charge in [-0.2, -0.15) is 0 Å². The fourth-order valence-electron chi connectivity index (χ4n) is 1.54. The Labute approximate surface area is 114 Å². The van der Waals surface area contributed by atoms with Crippen LogP contribution in [0.1, 0.15) is 5.56 Å². The standard InChI is InChI=1S/C15H15NOSe/c17-16(13-14-7-3-1-4-8-14)11-12-18-15-9-5-2-6-10-15/h1-10,13H,11-12H2/b16-13-. The molecular weight excluding hydrogens is 289 g/mol. The van der Waals surface area contributed by atoms with Gasteiger partial charge >= 0.3 is 114 Å². The van der Waals surface area contributed by atoms with Gasteiger partial charge in [0.05, 0.1) is 0 Å². The molecule has 2 aromatic rings. The van der Waals surface area contributed by atoms with E-state index in [4.69, 9.17) is 0 Å². The Morgan fingerprint density at radius 2 is 1.56 bits per heavy atom. The second-order valence-corrected chi connectivity index (χ2v) is 6.29. The molecule has 2 rings (SSSR count). The molecule has 0 radical (unpaired) electrons. The topological polar surface area (TPSA) is 26.1 Å². The Kier molecular flexibility index (Phi) is 5.00. The molecule has 18 heavy (non-hydrogen) atoms. The van der Waals surface area contributed by atoms with Gasteiger partial charge < -0.3 is 0 Å². The molecule has 0 fully saturated rings. The molecule has 0 N–H and O–H groups in total. The number of rotatable bonds is 5.